The van der Waals surface area contributed by atoms with Gasteiger partial charge in [0.15, 0.2) is 0 Å². The summed E-state index contributed by atoms with van der Waals surface area (Å²) in [5.41, 5.74) is -0.0488. The first-order valence-corrected chi connectivity index (χ1v) is 5.88. The number of imidazole rings is 1. The fourth-order valence-corrected chi connectivity index (χ4v) is 1.77. The Morgan fingerprint density at radius 1 is 1.42 bits per heavy atom. The number of aliphatic hydroxyl groups is 1. The third kappa shape index (κ3) is 3.36. The van der Waals surface area contributed by atoms with Crippen LogP contribution in [0.5, 0.6) is 0 Å². The number of rotatable bonds is 5. The van der Waals surface area contributed by atoms with Crippen molar-refractivity contribution < 1.29 is 13.9 Å². The second-order valence-electron chi connectivity index (χ2n) is 4.27. The van der Waals surface area contributed by atoms with Gasteiger partial charge in [-0.2, -0.15) is 0 Å². The first kappa shape index (κ1) is 13.6. The van der Waals surface area contributed by atoms with E-state index in [9.17, 15) is 13.9 Å². The third-order valence-electron chi connectivity index (χ3n) is 2.86. The fourth-order valence-electron chi connectivity index (χ4n) is 1.77. The van der Waals surface area contributed by atoms with Crippen LogP contribution >= 0.6 is 0 Å². The van der Waals surface area contributed by atoms with Gasteiger partial charge in [0.25, 0.3) is 0 Å². The zero-order valence-electron chi connectivity index (χ0n) is 10.5. The average Bonchev–Trinajstić information content (AvgIpc) is 2.78. The molecular weight excluding hydrogens is 252 g/mol. The number of aryl methyl sites for hydroxylation is 1. The van der Waals surface area contributed by atoms with Crippen molar-refractivity contribution in [3.8, 4) is 0 Å². The molecule has 0 aliphatic heterocycles. The van der Waals surface area contributed by atoms with Crippen molar-refractivity contribution in [3.05, 3.63) is 53.6 Å². The molecule has 0 saturated heterocycles. The number of hydrogen-bond acceptors (Lipinski definition) is 3. The molecule has 0 bridgehead atoms. The van der Waals surface area contributed by atoms with Crippen LogP contribution in [0.3, 0.4) is 0 Å². The Balaban J connectivity index is 1.92. The molecule has 0 aliphatic carbocycles. The predicted molar refractivity (Wildman–Crippen MR) is 66.2 cm³/mol. The van der Waals surface area contributed by atoms with Crippen molar-refractivity contribution in [2.24, 2.45) is 7.05 Å². The minimum atomic E-state index is -1.10. The normalized spacial score (nSPS) is 12.6. The molecule has 2 aromatic rings. The van der Waals surface area contributed by atoms with Crippen LogP contribution in [0.4, 0.5) is 8.78 Å². The summed E-state index contributed by atoms with van der Waals surface area (Å²) in [7, 11) is 1.85. The lowest BCUT2D eigenvalue weighted by Gasteiger charge is -2.13. The zero-order valence-corrected chi connectivity index (χ0v) is 10.5. The van der Waals surface area contributed by atoms with Crippen molar-refractivity contribution in [1.82, 2.24) is 14.9 Å². The topological polar surface area (TPSA) is 50.1 Å². The molecule has 2 rings (SSSR count). The van der Waals surface area contributed by atoms with Crippen molar-refractivity contribution in [2.75, 3.05) is 6.54 Å². The minimum absolute atomic E-state index is 0.0488. The minimum Gasteiger partial charge on any atom is -0.387 e. The van der Waals surface area contributed by atoms with Crippen LogP contribution in [0, 0.1) is 11.6 Å². The Bertz CT molecular complexity index is 557. The average molecular weight is 267 g/mol. The molecule has 0 saturated carbocycles. The molecule has 4 nitrogen and oxygen atoms in total. The number of halogens is 2. The van der Waals surface area contributed by atoms with Gasteiger partial charge in [0.05, 0.1) is 12.6 Å². The summed E-state index contributed by atoms with van der Waals surface area (Å²) in [4.78, 5) is 4.10. The highest BCUT2D eigenvalue weighted by Crippen LogP contribution is 2.17. The maximum Gasteiger partial charge on any atom is 0.129 e. The number of nitrogens with one attached hydrogen (secondary N) is 1. The SMILES string of the molecule is Cn1ccnc1CNCC(O)c1cc(F)ccc1F. The lowest BCUT2D eigenvalue weighted by molar-refractivity contribution is 0.169. The van der Waals surface area contributed by atoms with E-state index in [-0.39, 0.29) is 12.1 Å². The van der Waals surface area contributed by atoms with Gasteiger partial charge in [-0.15, -0.1) is 0 Å². The molecule has 0 amide bonds. The molecule has 19 heavy (non-hydrogen) atoms. The Labute approximate surface area is 109 Å². The molecule has 1 aromatic heterocycles. The molecule has 6 heteroatoms. The molecule has 0 spiro atoms. The fraction of sp³-hybridized carbons (Fsp3) is 0.308. The Hall–Kier alpha value is -1.79. The van der Waals surface area contributed by atoms with Crippen LogP contribution in [0.1, 0.15) is 17.5 Å². The van der Waals surface area contributed by atoms with Crippen molar-refractivity contribution in [2.45, 2.75) is 12.6 Å². The van der Waals surface area contributed by atoms with E-state index in [2.05, 4.69) is 10.3 Å². The van der Waals surface area contributed by atoms with Gasteiger partial charge < -0.3 is 15.0 Å². The number of aliphatic hydroxyl groups excluding tert-OH is 1. The molecular formula is C13H15F2N3O. The van der Waals surface area contributed by atoms with Gasteiger partial charge in [-0.3, -0.25) is 0 Å². The van der Waals surface area contributed by atoms with Crippen LogP contribution < -0.4 is 5.32 Å². The molecule has 0 radical (unpaired) electrons. The Morgan fingerprint density at radius 3 is 2.89 bits per heavy atom. The van der Waals surface area contributed by atoms with E-state index in [1.54, 1.807) is 12.4 Å². The van der Waals surface area contributed by atoms with E-state index in [1.165, 1.54) is 0 Å². The highest BCUT2D eigenvalue weighted by Gasteiger charge is 2.13. The second kappa shape index (κ2) is 5.90. The second-order valence-corrected chi connectivity index (χ2v) is 4.27. The highest BCUT2D eigenvalue weighted by molar-refractivity contribution is 5.21. The molecule has 102 valence electrons. The van der Waals surface area contributed by atoms with Gasteiger partial charge >= 0.3 is 0 Å². The molecule has 1 heterocycles. The monoisotopic (exact) mass is 267 g/mol. The summed E-state index contributed by atoms with van der Waals surface area (Å²) in [6.45, 7) is 0.560. The molecule has 0 aliphatic rings. The first-order valence-electron chi connectivity index (χ1n) is 5.88. The Morgan fingerprint density at radius 2 is 2.21 bits per heavy atom. The summed E-state index contributed by atoms with van der Waals surface area (Å²) in [6.07, 6.45) is 2.37. The van der Waals surface area contributed by atoms with E-state index in [0.717, 1.165) is 24.0 Å². The van der Waals surface area contributed by atoms with Crippen LogP contribution in [-0.2, 0) is 13.6 Å². The Kier molecular flexibility index (Phi) is 4.24. The van der Waals surface area contributed by atoms with Crippen molar-refractivity contribution in [1.29, 1.82) is 0 Å². The van der Waals surface area contributed by atoms with Gasteiger partial charge in [0.1, 0.15) is 17.5 Å². The van der Waals surface area contributed by atoms with Gasteiger partial charge in [0.2, 0.25) is 0 Å². The lowest BCUT2D eigenvalue weighted by atomic mass is 10.1. The number of benzene rings is 1. The van der Waals surface area contributed by atoms with E-state index < -0.39 is 17.7 Å². The summed E-state index contributed by atoms with van der Waals surface area (Å²) in [6, 6.07) is 3.03. The number of hydrogen-bond donors (Lipinski definition) is 2. The molecule has 1 atom stereocenters. The van der Waals surface area contributed by atoms with Crippen molar-refractivity contribution >= 4 is 0 Å². The van der Waals surface area contributed by atoms with Crippen LogP contribution in [0.2, 0.25) is 0 Å². The summed E-state index contributed by atoms with van der Waals surface area (Å²) in [5, 5.41) is 12.8. The molecule has 1 aromatic carbocycles. The van der Waals surface area contributed by atoms with Crippen molar-refractivity contribution in [3.63, 3.8) is 0 Å². The van der Waals surface area contributed by atoms with Gasteiger partial charge in [0, 0.05) is 31.5 Å². The third-order valence-corrected chi connectivity index (χ3v) is 2.86. The zero-order chi connectivity index (χ0) is 13.8. The standard InChI is InChI=1S/C13H15F2N3O/c1-18-5-4-17-13(18)8-16-7-12(19)10-6-9(14)2-3-11(10)15/h2-6,12,16,19H,7-8H2,1H3. The van der Waals surface area contributed by atoms with Crippen LogP contribution in [0.25, 0.3) is 0 Å². The van der Waals surface area contributed by atoms with E-state index in [4.69, 9.17) is 0 Å². The van der Waals surface area contributed by atoms with Gasteiger partial charge in [-0.25, -0.2) is 13.8 Å². The number of aromatic nitrogens is 2. The summed E-state index contributed by atoms with van der Waals surface area (Å²) < 4.78 is 28.2. The van der Waals surface area contributed by atoms with E-state index in [0.29, 0.717) is 6.54 Å². The highest BCUT2D eigenvalue weighted by atomic mass is 19.1. The summed E-state index contributed by atoms with van der Waals surface area (Å²) in [5.74, 6) is -0.390. The number of nitrogens with zero attached hydrogens (tertiary/aromatic N) is 2. The lowest BCUT2D eigenvalue weighted by Crippen LogP contribution is -2.23. The predicted octanol–water partition coefficient (Wildman–Crippen LogP) is 1.52. The van der Waals surface area contributed by atoms with E-state index in [1.807, 2.05) is 11.6 Å². The van der Waals surface area contributed by atoms with E-state index >= 15 is 0 Å². The van der Waals surface area contributed by atoms with Crippen LogP contribution in [-0.4, -0.2) is 21.2 Å². The molecule has 0 fully saturated rings. The van der Waals surface area contributed by atoms with Gasteiger partial charge in [-0.1, -0.05) is 0 Å². The molecule has 2 N–H and O–H groups in total. The maximum atomic E-state index is 13.4. The van der Waals surface area contributed by atoms with Gasteiger partial charge in [-0.05, 0) is 18.2 Å². The molecule has 1 unspecified atom stereocenters. The quantitative estimate of drug-likeness (QED) is 0.863. The first-order chi connectivity index (χ1) is 9.08. The maximum absolute atomic E-state index is 13.4. The summed E-state index contributed by atoms with van der Waals surface area (Å²) >= 11 is 0. The largest absolute Gasteiger partial charge is 0.387 e. The smallest absolute Gasteiger partial charge is 0.129 e. The van der Waals surface area contributed by atoms with Crippen LogP contribution in [0.15, 0.2) is 30.6 Å².